The van der Waals surface area contributed by atoms with E-state index in [-0.39, 0.29) is 36.0 Å². The quantitative estimate of drug-likeness (QED) is 0.290. The van der Waals surface area contributed by atoms with Crippen LogP contribution in [0.1, 0.15) is 54.4 Å². The molecule has 3 aliphatic carbocycles. The summed E-state index contributed by atoms with van der Waals surface area (Å²) in [7, 11) is 1.46. The average molecular weight is 587 g/mol. The zero-order valence-corrected chi connectivity index (χ0v) is 24.3. The standard InChI is InChI=1S/C33H31ClN2O6/c1-17(2)14-24(33(40)42-16-26(37)35-23-15-18(34)12-13-25(23)41-3)36-31(38)29-27-19-8-4-5-9-20(19)28(30(29)32(36)39)22-11-7-6-10-21(22)27/h4-13,15,17,24,27-30H,14,16H2,1-3H3,(H,35,37)/t24-,27?,28?,29-,30+/m1/s1. The molecule has 1 heterocycles. The molecule has 1 saturated heterocycles. The number of halogens is 1. The second kappa shape index (κ2) is 10.9. The van der Waals surface area contributed by atoms with Crippen LogP contribution in [0.4, 0.5) is 5.69 Å². The topological polar surface area (TPSA) is 102 Å². The third-order valence-corrected chi connectivity index (χ3v) is 8.78. The number of esters is 1. The van der Waals surface area contributed by atoms with Gasteiger partial charge in [-0.1, -0.05) is 74.0 Å². The Morgan fingerprint density at radius 1 is 0.881 bits per heavy atom. The van der Waals surface area contributed by atoms with Gasteiger partial charge in [0.2, 0.25) is 11.8 Å². The van der Waals surface area contributed by atoms with Gasteiger partial charge in [-0.05, 0) is 52.8 Å². The van der Waals surface area contributed by atoms with Crippen LogP contribution in [-0.4, -0.2) is 48.3 Å². The normalized spacial score (nSPS) is 22.4. The maximum atomic E-state index is 14.2. The Balaban J connectivity index is 1.26. The first kappa shape index (κ1) is 28.0. The Kier molecular flexibility index (Phi) is 7.27. The molecule has 3 atom stereocenters. The number of carbonyl (C=O) groups is 4. The summed E-state index contributed by atoms with van der Waals surface area (Å²) in [5, 5.41) is 3.03. The van der Waals surface area contributed by atoms with E-state index in [1.54, 1.807) is 12.1 Å². The SMILES string of the molecule is COc1ccc(Cl)cc1NC(=O)COC(=O)[C@@H](CC(C)C)N1C(=O)[C@@H]2C3c4ccccc4C(c4ccccc43)[C@@H]2C1=O. The first-order valence-electron chi connectivity index (χ1n) is 14.1. The third-order valence-electron chi connectivity index (χ3n) is 8.54. The number of carbonyl (C=O) groups excluding carboxylic acids is 4. The number of likely N-dealkylation sites (tertiary alicyclic amines) is 1. The summed E-state index contributed by atoms with van der Waals surface area (Å²) >= 11 is 6.05. The van der Waals surface area contributed by atoms with Gasteiger partial charge in [-0.3, -0.25) is 19.3 Å². The maximum Gasteiger partial charge on any atom is 0.329 e. The van der Waals surface area contributed by atoms with E-state index in [1.807, 2.05) is 62.4 Å². The summed E-state index contributed by atoms with van der Waals surface area (Å²) in [6, 6.07) is 19.6. The number of rotatable bonds is 8. The second-order valence-electron chi connectivity index (χ2n) is 11.5. The molecule has 7 rings (SSSR count). The Morgan fingerprint density at radius 2 is 1.40 bits per heavy atom. The van der Waals surface area contributed by atoms with Gasteiger partial charge in [0.1, 0.15) is 11.8 Å². The lowest BCUT2D eigenvalue weighted by Crippen LogP contribution is -2.47. The molecule has 42 heavy (non-hydrogen) atoms. The fourth-order valence-electron chi connectivity index (χ4n) is 6.96. The van der Waals surface area contributed by atoms with Crippen LogP contribution in [-0.2, 0) is 23.9 Å². The van der Waals surface area contributed by atoms with Crippen LogP contribution in [0.2, 0.25) is 5.02 Å². The highest BCUT2D eigenvalue weighted by atomic mass is 35.5. The van der Waals surface area contributed by atoms with Gasteiger partial charge < -0.3 is 14.8 Å². The van der Waals surface area contributed by atoms with E-state index in [9.17, 15) is 19.2 Å². The van der Waals surface area contributed by atoms with Crippen molar-refractivity contribution < 1.29 is 28.7 Å². The summed E-state index contributed by atoms with van der Waals surface area (Å²) in [5.41, 5.74) is 4.56. The number of amides is 3. The van der Waals surface area contributed by atoms with E-state index >= 15 is 0 Å². The molecule has 1 aliphatic heterocycles. The number of hydrogen-bond donors (Lipinski definition) is 1. The number of nitrogens with zero attached hydrogens (tertiary/aromatic N) is 1. The molecular weight excluding hydrogens is 556 g/mol. The van der Waals surface area contributed by atoms with Crippen molar-refractivity contribution in [2.45, 2.75) is 38.1 Å². The van der Waals surface area contributed by atoms with Gasteiger partial charge in [0.05, 0.1) is 24.6 Å². The van der Waals surface area contributed by atoms with Gasteiger partial charge in [-0.15, -0.1) is 0 Å². The molecule has 2 bridgehead atoms. The molecule has 0 radical (unpaired) electrons. The summed E-state index contributed by atoms with van der Waals surface area (Å²) in [6.07, 6.45) is 0.217. The lowest BCUT2D eigenvalue weighted by molar-refractivity contribution is -0.160. The van der Waals surface area contributed by atoms with Crippen molar-refractivity contribution in [2.24, 2.45) is 17.8 Å². The minimum Gasteiger partial charge on any atom is -0.495 e. The molecule has 0 aromatic heterocycles. The van der Waals surface area contributed by atoms with Crippen molar-refractivity contribution in [1.29, 1.82) is 0 Å². The third kappa shape index (κ3) is 4.54. The first-order chi connectivity index (χ1) is 20.2. The molecule has 3 aromatic rings. The zero-order valence-electron chi connectivity index (χ0n) is 23.5. The molecule has 216 valence electrons. The van der Waals surface area contributed by atoms with E-state index in [4.69, 9.17) is 21.1 Å². The molecule has 4 aliphatic rings. The van der Waals surface area contributed by atoms with Gasteiger partial charge in [-0.2, -0.15) is 0 Å². The minimum absolute atomic E-state index is 0.0264. The van der Waals surface area contributed by atoms with Crippen LogP contribution >= 0.6 is 11.6 Å². The highest BCUT2D eigenvalue weighted by Crippen LogP contribution is 2.61. The monoisotopic (exact) mass is 586 g/mol. The molecule has 3 aromatic carbocycles. The molecule has 9 heteroatoms. The minimum atomic E-state index is -1.14. The largest absolute Gasteiger partial charge is 0.495 e. The Hall–Kier alpha value is -4.17. The molecule has 8 nitrogen and oxygen atoms in total. The van der Waals surface area contributed by atoms with Crippen LogP contribution in [0, 0.1) is 17.8 Å². The fourth-order valence-corrected chi connectivity index (χ4v) is 7.13. The lowest BCUT2D eigenvalue weighted by Gasteiger charge is -2.45. The Bertz CT molecular complexity index is 1490. The van der Waals surface area contributed by atoms with Crippen molar-refractivity contribution in [3.8, 4) is 5.75 Å². The van der Waals surface area contributed by atoms with Gasteiger partial charge >= 0.3 is 5.97 Å². The lowest BCUT2D eigenvalue weighted by atomic mass is 9.55. The molecule has 0 spiro atoms. The summed E-state index contributed by atoms with van der Waals surface area (Å²) < 4.78 is 10.7. The molecule has 1 fully saturated rings. The smallest absolute Gasteiger partial charge is 0.329 e. The van der Waals surface area contributed by atoms with Crippen molar-refractivity contribution in [3.05, 3.63) is 94.0 Å². The van der Waals surface area contributed by atoms with Crippen LogP contribution in [0.25, 0.3) is 0 Å². The summed E-state index contributed by atoms with van der Waals surface area (Å²) in [6.45, 7) is 3.21. The number of benzene rings is 3. The number of hydrogen-bond acceptors (Lipinski definition) is 6. The van der Waals surface area contributed by atoms with E-state index in [0.717, 1.165) is 27.2 Å². The van der Waals surface area contributed by atoms with Gasteiger partial charge in [-0.25, -0.2) is 4.79 Å². The van der Waals surface area contributed by atoms with Crippen molar-refractivity contribution >= 4 is 41.0 Å². The van der Waals surface area contributed by atoms with Gasteiger partial charge in [0.25, 0.3) is 5.91 Å². The Morgan fingerprint density at radius 3 is 1.88 bits per heavy atom. The zero-order chi connectivity index (χ0) is 29.7. The van der Waals surface area contributed by atoms with E-state index in [2.05, 4.69) is 5.32 Å². The van der Waals surface area contributed by atoms with Crippen LogP contribution in [0.3, 0.4) is 0 Å². The van der Waals surface area contributed by atoms with Crippen LogP contribution in [0.5, 0.6) is 5.75 Å². The second-order valence-corrected chi connectivity index (χ2v) is 11.9. The number of methoxy groups -OCH3 is 1. The number of ether oxygens (including phenoxy) is 2. The van der Waals surface area contributed by atoms with Crippen molar-refractivity contribution in [3.63, 3.8) is 0 Å². The van der Waals surface area contributed by atoms with E-state index in [1.165, 1.54) is 13.2 Å². The van der Waals surface area contributed by atoms with E-state index in [0.29, 0.717) is 16.5 Å². The van der Waals surface area contributed by atoms with Crippen molar-refractivity contribution in [2.75, 3.05) is 19.0 Å². The highest BCUT2D eigenvalue weighted by molar-refractivity contribution is 6.31. The predicted octanol–water partition coefficient (Wildman–Crippen LogP) is 5.14. The number of anilines is 1. The van der Waals surface area contributed by atoms with E-state index < -0.39 is 36.4 Å². The molecule has 0 unspecified atom stereocenters. The first-order valence-corrected chi connectivity index (χ1v) is 14.4. The maximum absolute atomic E-state index is 14.2. The van der Waals surface area contributed by atoms with Gasteiger partial charge in [0.15, 0.2) is 6.61 Å². The van der Waals surface area contributed by atoms with Gasteiger partial charge in [0, 0.05) is 16.9 Å². The number of imide groups is 1. The predicted molar refractivity (Wildman–Crippen MR) is 156 cm³/mol. The Labute approximate surface area is 248 Å². The summed E-state index contributed by atoms with van der Waals surface area (Å²) in [4.78, 5) is 55.7. The summed E-state index contributed by atoms with van der Waals surface area (Å²) in [5.74, 6) is -3.51. The van der Waals surface area contributed by atoms with Crippen LogP contribution < -0.4 is 10.1 Å². The molecule has 3 amide bonds. The molecule has 1 N–H and O–H groups in total. The molecule has 0 saturated carbocycles. The highest BCUT2D eigenvalue weighted by Gasteiger charge is 2.63. The number of nitrogens with one attached hydrogen (secondary N) is 1. The fraction of sp³-hybridized carbons (Fsp3) is 0.333. The molecular formula is C33H31ClN2O6. The average Bonchev–Trinajstić information content (AvgIpc) is 3.24. The van der Waals surface area contributed by atoms with Crippen LogP contribution in [0.15, 0.2) is 66.7 Å². The van der Waals surface area contributed by atoms with Crippen molar-refractivity contribution in [1.82, 2.24) is 4.90 Å².